The fourth-order valence-corrected chi connectivity index (χ4v) is 2.26. The monoisotopic (exact) mass is 352 g/mol. The van der Waals surface area contributed by atoms with Crippen molar-refractivity contribution in [2.75, 3.05) is 5.32 Å². The Kier molecular flexibility index (Phi) is 7.83. The van der Waals surface area contributed by atoms with Crippen LogP contribution >= 0.6 is 0 Å². The van der Waals surface area contributed by atoms with Crippen LogP contribution in [0.4, 0.5) is 10.5 Å². The van der Waals surface area contributed by atoms with Crippen LogP contribution in [0, 0.1) is 0 Å². The first-order chi connectivity index (χ1) is 12.1. The molecule has 5 nitrogen and oxygen atoms in total. The molecule has 0 unspecified atom stereocenters. The zero-order valence-electron chi connectivity index (χ0n) is 14.1. The maximum Gasteiger partial charge on any atom is 0.326 e. The number of para-hydroxylation sites is 1. The third-order valence-corrected chi connectivity index (χ3v) is 3.37. The van der Waals surface area contributed by atoms with Crippen molar-refractivity contribution in [2.24, 2.45) is 0 Å². The molecule has 3 aromatic carbocycles. The molecule has 136 valence electrons. The number of amides is 3. The molecular formula is C21H24N2O3. The maximum absolute atomic E-state index is 12.2. The number of hydrogen-bond acceptors (Lipinski definition) is 3. The number of aromatic hydroxyl groups is 1. The second-order valence-corrected chi connectivity index (χ2v) is 4.99. The van der Waals surface area contributed by atoms with E-state index in [1.807, 2.05) is 44.2 Å². The van der Waals surface area contributed by atoms with Crippen molar-refractivity contribution in [1.29, 1.82) is 0 Å². The molecule has 5 heteroatoms. The van der Waals surface area contributed by atoms with E-state index in [0.29, 0.717) is 5.69 Å². The van der Waals surface area contributed by atoms with Gasteiger partial charge >= 0.3 is 6.03 Å². The van der Waals surface area contributed by atoms with Crippen LogP contribution in [0.1, 0.15) is 31.6 Å². The molecule has 0 fully saturated rings. The largest absolute Gasteiger partial charge is 0.507 e. The highest BCUT2D eigenvalue weighted by molar-refractivity contribution is 6.10. The van der Waals surface area contributed by atoms with Crippen LogP contribution in [-0.2, 0) is 0 Å². The normalized spacial score (nSPS) is 9.31. The third kappa shape index (κ3) is 5.08. The summed E-state index contributed by atoms with van der Waals surface area (Å²) in [6.07, 6.45) is 0. The topological polar surface area (TPSA) is 78.4 Å². The Balaban J connectivity index is 0.00000109. The van der Waals surface area contributed by atoms with Crippen molar-refractivity contribution in [1.82, 2.24) is 5.32 Å². The number of hydrogen-bond donors (Lipinski definition) is 3. The van der Waals surface area contributed by atoms with Gasteiger partial charge in [0.1, 0.15) is 5.75 Å². The molecule has 3 rings (SSSR count). The molecule has 0 aliphatic rings. The smallest absolute Gasteiger partial charge is 0.326 e. The number of anilines is 1. The summed E-state index contributed by atoms with van der Waals surface area (Å²) in [7, 11) is 0. The van der Waals surface area contributed by atoms with E-state index in [2.05, 4.69) is 10.6 Å². The summed E-state index contributed by atoms with van der Waals surface area (Å²) >= 11 is 0. The number of nitrogens with one attached hydrogen (secondary N) is 2. The average Bonchev–Trinajstić information content (AvgIpc) is 2.63. The second-order valence-electron chi connectivity index (χ2n) is 4.99. The summed E-state index contributed by atoms with van der Waals surface area (Å²) in [5.74, 6) is -0.838. The molecule has 0 aromatic heterocycles. The lowest BCUT2D eigenvalue weighted by atomic mass is 10.1. The summed E-state index contributed by atoms with van der Waals surface area (Å²) in [6, 6.07) is 18.5. The zero-order valence-corrected chi connectivity index (χ0v) is 14.1. The van der Waals surface area contributed by atoms with Crippen molar-refractivity contribution in [3.8, 4) is 5.75 Å². The number of rotatable bonds is 2. The Bertz CT molecular complexity index is 877. The molecule has 3 aromatic rings. The molecule has 0 saturated carbocycles. The van der Waals surface area contributed by atoms with Crippen LogP contribution in [0.25, 0.3) is 10.8 Å². The number of carbonyl (C=O) groups excluding carboxylic acids is 2. The highest BCUT2D eigenvalue weighted by Crippen LogP contribution is 2.24. The van der Waals surface area contributed by atoms with E-state index in [4.69, 9.17) is 0 Å². The van der Waals surface area contributed by atoms with Crippen LogP contribution in [0.3, 0.4) is 0 Å². The summed E-state index contributed by atoms with van der Waals surface area (Å²) < 4.78 is 0. The molecular weight excluding hydrogens is 328 g/mol. The second kappa shape index (κ2) is 9.84. The van der Waals surface area contributed by atoms with Crippen LogP contribution in [-0.4, -0.2) is 17.0 Å². The summed E-state index contributed by atoms with van der Waals surface area (Å²) in [5.41, 5.74) is 0.618. The number of benzene rings is 3. The Morgan fingerprint density at radius 3 is 2.00 bits per heavy atom. The van der Waals surface area contributed by atoms with Gasteiger partial charge < -0.3 is 10.4 Å². The molecule has 0 spiro atoms. The van der Waals surface area contributed by atoms with E-state index in [9.17, 15) is 14.7 Å². The Morgan fingerprint density at radius 2 is 1.38 bits per heavy atom. The first-order valence-electron chi connectivity index (χ1n) is 8.02. The first kappa shape index (κ1) is 20.7. The van der Waals surface area contributed by atoms with Gasteiger partial charge in [-0.15, -0.1) is 0 Å². The molecule has 3 amide bonds. The predicted molar refractivity (Wildman–Crippen MR) is 107 cm³/mol. The number of phenols is 1. The van der Waals surface area contributed by atoms with Gasteiger partial charge in [-0.3, -0.25) is 10.1 Å². The minimum Gasteiger partial charge on any atom is -0.507 e. The molecule has 0 radical (unpaired) electrons. The molecule has 0 saturated heterocycles. The highest BCUT2D eigenvalue weighted by Gasteiger charge is 2.15. The van der Waals surface area contributed by atoms with Crippen molar-refractivity contribution in [3.63, 3.8) is 0 Å². The van der Waals surface area contributed by atoms with E-state index in [1.54, 1.807) is 30.3 Å². The van der Waals surface area contributed by atoms with Crippen molar-refractivity contribution < 1.29 is 14.7 Å². The van der Waals surface area contributed by atoms with Gasteiger partial charge in [-0.2, -0.15) is 0 Å². The van der Waals surface area contributed by atoms with Crippen molar-refractivity contribution in [2.45, 2.75) is 21.3 Å². The van der Waals surface area contributed by atoms with Crippen LogP contribution in [0.5, 0.6) is 5.75 Å². The molecule has 0 aliphatic carbocycles. The lowest BCUT2D eigenvalue weighted by Crippen LogP contribution is -2.34. The molecule has 0 heterocycles. The Labute approximate surface area is 153 Å². The number of fused-ring (bicyclic) bond motifs is 1. The number of urea groups is 1. The zero-order chi connectivity index (χ0) is 18.2. The molecule has 26 heavy (non-hydrogen) atoms. The fourth-order valence-electron chi connectivity index (χ4n) is 2.26. The van der Waals surface area contributed by atoms with Crippen LogP contribution in [0.2, 0.25) is 0 Å². The molecule has 3 N–H and O–H groups in total. The quantitative estimate of drug-likeness (QED) is 0.595. The first-order valence-corrected chi connectivity index (χ1v) is 8.02. The summed E-state index contributed by atoms with van der Waals surface area (Å²) in [6.45, 7) is 4.00. The minimum absolute atomic E-state index is 0. The van der Waals surface area contributed by atoms with Gasteiger partial charge in [0.15, 0.2) is 0 Å². The third-order valence-electron chi connectivity index (χ3n) is 3.37. The van der Waals surface area contributed by atoms with Gasteiger partial charge in [0.25, 0.3) is 5.91 Å². The SMILES string of the molecule is C.CC.O=C(NC(=O)c1cc2ccccc2cc1O)Nc1ccccc1. The van der Waals surface area contributed by atoms with Crippen LogP contribution < -0.4 is 10.6 Å². The van der Waals surface area contributed by atoms with E-state index < -0.39 is 11.9 Å². The fraction of sp³-hybridized carbons (Fsp3) is 0.143. The van der Waals surface area contributed by atoms with Crippen LogP contribution in [0.15, 0.2) is 66.7 Å². The van der Waals surface area contributed by atoms with Gasteiger partial charge in [0.05, 0.1) is 5.56 Å². The summed E-state index contributed by atoms with van der Waals surface area (Å²) in [4.78, 5) is 24.0. The average molecular weight is 352 g/mol. The van der Waals surface area contributed by atoms with Gasteiger partial charge in [-0.1, -0.05) is 63.7 Å². The van der Waals surface area contributed by atoms with Gasteiger partial charge in [0, 0.05) is 5.69 Å². The summed E-state index contributed by atoms with van der Waals surface area (Å²) in [5, 5.41) is 16.4. The lowest BCUT2D eigenvalue weighted by Gasteiger charge is -2.09. The van der Waals surface area contributed by atoms with Crippen molar-refractivity contribution in [3.05, 3.63) is 72.3 Å². The van der Waals surface area contributed by atoms with E-state index in [1.165, 1.54) is 6.07 Å². The molecule has 0 bridgehead atoms. The van der Waals surface area contributed by atoms with Crippen molar-refractivity contribution >= 4 is 28.4 Å². The minimum atomic E-state index is -0.665. The number of phenolic OH excluding ortho intramolecular Hbond substituents is 1. The Morgan fingerprint density at radius 1 is 0.846 bits per heavy atom. The van der Waals surface area contributed by atoms with E-state index in [-0.39, 0.29) is 18.7 Å². The van der Waals surface area contributed by atoms with Gasteiger partial charge in [-0.05, 0) is 35.0 Å². The van der Waals surface area contributed by atoms with Gasteiger partial charge in [-0.25, -0.2) is 4.79 Å². The maximum atomic E-state index is 12.2. The lowest BCUT2D eigenvalue weighted by molar-refractivity contribution is 0.0964. The standard InChI is InChI=1S/C18H14N2O3.C2H6.CH4/c21-16-11-13-7-5-4-6-12(13)10-15(16)17(22)20-18(23)19-14-8-2-1-3-9-14;1-2;/h1-11,21H,(H2,19,20,22,23);1-2H3;1H4. The van der Waals surface area contributed by atoms with E-state index in [0.717, 1.165) is 10.8 Å². The molecule has 0 atom stereocenters. The molecule has 0 aliphatic heterocycles. The predicted octanol–water partition coefficient (Wildman–Crippen LogP) is 5.17. The van der Waals surface area contributed by atoms with Gasteiger partial charge in [0.2, 0.25) is 0 Å². The number of carbonyl (C=O) groups is 2. The highest BCUT2D eigenvalue weighted by atomic mass is 16.3. The number of imide groups is 1. The Hall–Kier alpha value is -3.34. The van der Waals surface area contributed by atoms with E-state index >= 15 is 0 Å².